The van der Waals surface area contributed by atoms with Crippen LogP contribution < -0.4 is 9.62 Å². The first-order valence-electron chi connectivity index (χ1n) is 11.9. The average molecular weight is 522 g/mol. The second-order valence-corrected chi connectivity index (χ2v) is 11.1. The first-order valence-corrected chi connectivity index (χ1v) is 14.1. The van der Waals surface area contributed by atoms with Crippen LogP contribution >= 0.6 is 11.6 Å². The van der Waals surface area contributed by atoms with E-state index in [1.54, 1.807) is 43.3 Å². The summed E-state index contributed by atoms with van der Waals surface area (Å²) in [5.74, 6) is -0.438. The Hall–Kier alpha value is -2.58. The Balaban J connectivity index is 2.14. The molecule has 0 heterocycles. The van der Waals surface area contributed by atoms with Crippen molar-refractivity contribution in [3.8, 4) is 0 Å². The summed E-state index contributed by atoms with van der Waals surface area (Å²) in [6.45, 7) is 6.60. The van der Waals surface area contributed by atoms with Gasteiger partial charge in [0.2, 0.25) is 21.8 Å². The number of nitrogens with zero attached hydrogens (tertiary/aromatic N) is 2. The zero-order chi connectivity index (χ0) is 26.0. The minimum absolute atomic E-state index is 0.102. The summed E-state index contributed by atoms with van der Waals surface area (Å²) in [6, 6.07) is 13.8. The van der Waals surface area contributed by atoms with Crippen LogP contribution in [0.5, 0.6) is 0 Å². The molecule has 9 heteroatoms. The van der Waals surface area contributed by atoms with E-state index in [1.807, 2.05) is 26.0 Å². The topological polar surface area (TPSA) is 86.8 Å². The maximum absolute atomic E-state index is 13.3. The van der Waals surface area contributed by atoms with Gasteiger partial charge < -0.3 is 10.2 Å². The van der Waals surface area contributed by atoms with Gasteiger partial charge in [-0.15, -0.1) is 0 Å². The van der Waals surface area contributed by atoms with Gasteiger partial charge in [-0.1, -0.05) is 49.2 Å². The highest BCUT2D eigenvalue weighted by Crippen LogP contribution is 2.21. The number of hydrogen-bond donors (Lipinski definition) is 1. The predicted molar refractivity (Wildman–Crippen MR) is 142 cm³/mol. The molecule has 1 N–H and O–H groups in total. The fourth-order valence-corrected chi connectivity index (χ4v) is 4.91. The number of amides is 2. The Bertz CT molecular complexity index is 1110. The van der Waals surface area contributed by atoms with E-state index in [4.69, 9.17) is 11.6 Å². The summed E-state index contributed by atoms with van der Waals surface area (Å²) in [5, 5.41) is 3.44. The maximum Gasteiger partial charge on any atom is 0.242 e. The SMILES string of the molecule is CCCCNC(=O)[C@@H](C)N(Cc1cccc(Cl)c1)C(=O)CCCN(c1cccc(C)c1)S(C)(=O)=O. The van der Waals surface area contributed by atoms with Crippen molar-refractivity contribution in [3.63, 3.8) is 0 Å². The molecule has 0 fully saturated rings. The highest BCUT2D eigenvalue weighted by Gasteiger charge is 2.26. The lowest BCUT2D eigenvalue weighted by atomic mass is 10.1. The quantitative estimate of drug-likeness (QED) is 0.392. The van der Waals surface area contributed by atoms with Crippen LogP contribution in [0.15, 0.2) is 48.5 Å². The Morgan fingerprint density at radius 2 is 1.80 bits per heavy atom. The molecule has 0 radical (unpaired) electrons. The molecule has 0 bridgehead atoms. The van der Waals surface area contributed by atoms with Crippen molar-refractivity contribution in [2.75, 3.05) is 23.7 Å². The number of benzene rings is 2. The molecule has 192 valence electrons. The van der Waals surface area contributed by atoms with E-state index in [9.17, 15) is 18.0 Å². The standard InChI is InChI=1S/C26H36ClN3O4S/c1-5-6-15-28-26(32)21(3)29(19-22-11-8-12-23(27)18-22)25(31)14-9-16-30(35(4,33)34)24-13-7-10-20(2)17-24/h7-8,10-13,17-18,21H,5-6,9,14-16,19H2,1-4H3,(H,28,32)/t21-/m1/s1. The zero-order valence-corrected chi connectivity index (χ0v) is 22.5. The number of halogens is 1. The lowest BCUT2D eigenvalue weighted by Gasteiger charge is -2.29. The molecule has 2 aromatic rings. The zero-order valence-electron chi connectivity index (χ0n) is 21.0. The lowest BCUT2D eigenvalue weighted by Crippen LogP contribution is -2.48. The molecule has 0 aliphatic heterocycles. The number of hydrogen-bond acceptors (Lipinski definition) is 4. The number of sulfonamides is 1. The number of aryl methyl sites for hydroxylation is 1. The van der Waals surface area contributed by atoms with Crippen molar-refractivity contribution in [3.05, 3.63) is 64.7 Å². The van der Waals surface area contributed by atoms with Crippen LogP contribution in [0.3, 0.4) is 0 Å². The molecule has 2 aromatic carbocycles. The smallest absolute Gasteiger partial charge is 0.242 e. The molecule has 0 saturated heterocycles. The lowest BCUT2D eigenvalue weighted by molar-refractivity contribution is -0.140. The van der Waals surface area contributed by atoms with Gasteiger partial charge in [0.05, 0.1) is 11.9 Å². The molecule has 0 spiro atoms. The minimum Gasteiger partial charge on any atom is -0.354 e. The average Bonchev–Trinajstić information content (AvgIpc) is 2.79. The van der Waals surface area contributed by atoms with E-state index in [0.717, 1.165) is 30.2 Å². The number of nitrogens with one attached hydrogen (secondary N) is 1. The van der Waals surface area contributed by atoms with Gasteiger partial charge in [0.1, 0.15) is 6.04 Å². The van der Waals surface area contributed by atoms with Gasteiger partial charge in [0.15, 0.2) is 0 Å². The summed E-state index contributed by atoms with van der Waals surface area (Å²) >= 11 is 6.12. The van der Waals surface area contributed by atoms with E-state index in [2.05, 4.69) is 5.32 Å². The molecular formula is C26H36ClN3O4S. The number of anilines is 1. The van der Waals surface area contributed by atoms with Crippen molar-refractivity contribution >= 4 is 39.1 Å². The first kappa shape index (κ1) is 28.7. The van der Waals surface area contributed by atoms with Crippen molar-refractivity contribution in [1.29, 1.82) is 0 Å². The number of carbonyl (C=O) groups is 2. The monoisotopic (exact) mass is 521 g/mol. The predicted octanol–water partition coefficient (Wildman–Crippen LogP) is 4.53. The third kappa shape index (κ3) is 9.18. The molecule has 2 rings (SSSR count). The third-order valence-electron chi connectivity index (χ3n) is 5.68. The van der Waals surface area contributed by atoms with Crippen LogP contribution in [0.4, 0.5) is 5.69 Å². The minimum atomic E-state index is -3.52. The van der Waals surface area contributed by atoms with Gasteiger partial charge in [0, 0.05) is 31.1 Å². The molecule has 0 saturated carbocycles. The Kier molecular flexibility index (Phi) is 11.0. The van der Waals surface area contributed by atoms with E-state index < -0.39 is 16.1 Å². The summed E-state index contributed by atoms with van der Waals surface area (Å²) < 4.78 is 26.1. The highest BCUT2D eigenvalue weighted by molar-refractivity contribution is 7.92. The second kappa shape index (κ2) is 13.5. The van der Waals surface area contributed by atoms with Crippen LogP contribution in [0.2, 0.25) is 5.02 Å². The second-order valence-electron chi connectivity index (χ2n) is 8.75. The summed E-state index contributed by atoms with van der Waals surface area (Å²) in [4.78, 5) is 27.5. The Morgan fingerprint density at radius 3 is 2.43 bits per heavy atom. The van der Waals surface area contributed by atoms with Crippen LogP contribution in [0.25, 0.3) is 0 Å². The largest absolute Gasteiger partial charge is 0.354 e. The van der Waals surface area contributed by atoms with Crippen LogP contribution in [-0.4, -0.2) is 50.5 Å². The molecule has 0 aromatic heterocycles. The first-order chi connectivity index (χ1) is 16.5. The van der Waals surface area contributed by atoms with Gasteiger partial charge in [-0.05, 0) is 62.1 Å². The van der Waals surface area contributed by atoms with Crippen LogP contribution in [0, 0.1) is 6.92 Å². The number of carbonyl (C=O) groups excluding carboxylic acids is 2. The van der Waals surface area contributed by atoms with Gasteiger partial charge in [0.25, 0.3) is 0 Å². The Labute approximate surface area is 214 Å². The molecule has 7 nitrogen and oxygen atoms in total. The Morgan fingerprint density at radius 1 is 1.09 bits per heavy atom. The molecular weight excluding hydrogens is 486 g/mol. The maximum atomic E-state index is 13.3. The van der Waals surface area contributed by atoms with Crippen molar-refractivity contribution < 1.29 is 18.0 Å². The van der Waals surface area contributed by atoms with Gasteiger partial charge in [-0.2, -0.15) is 0 Å². The van der Waals surface area contributed by atoms with Gasteiger partial charge in [-0.3, -0.25) is 13.9 Å². The molecule has 1 atom stereocenters. The fraction of sp³-hybridized carbons (Fsp3) is 0.462. The third-order valence-corrected chi connectivity index (χ3v) is 7.11. The van der Waals surface area contributed by atoms with Gasteiger partial charge in [-0.25, -0.2) is 8.42 Å². The molecule has 2 amide bonds. The molecule has 0 aliphatic rings. The highest BCUT2D eigenvalue weighted by atomic mass is 35.5. The number of rotatable bonds is 13. The van der Waals surface area contributed by atoms with Crippen LogP contribution in [0.1, 0.15) is 50.7 Å². The summed E-state index contributed by atoms with van der Waals surface area (Å²) in [7, 11) is -3.52. The summed E-state index contributed by atoms with van der Waals surface area (Å²) in [6.07, 6.45) is 3.39. The van der Waals surface area contributed by atoms with E-state index in [-0.39, 0.29) is 31.3 Å². The van der Waals surface area contributed by atoms with E-state index in [1.165, 1.54) is 9.21 Å². The van der Waals surface area contributed by atoms with E-state index >= 15 is 0 Å². The normalized spacial score (nSPS) is 12.1. The van der Waals surface area contributed by atoms with Crippen molar-refractivity contribution in [2.24, 2.45) is 0 Å². The van der Waals surface area contributed by atoms with Crippen molar-refractivity contribution in [1.82, 2.24) is 10.2 Å². The molecule has 0 aliphatic carbocycles. The molecule has 0 unspecified atom stereocenters. The molecule has 35 heavy (non-hydrogen) atoms. The van der Waals surface area contributed by atoms with E-state index in [0.29, 0.717) is 23.7 Å². The summed E-state index contributed by atoms with van der Waals surface area (Å²) in [5.41, 5.74) is 2.33. The number of unbranched alkanes of at least 4 members (excludes halogenated alkanes) is 1. The van der Waals surface area contributed by atoms with Crippen LogP contribution in [-0.2, 0) is 26.2 Å². The van der Waals surface area contributed by atoms with Crippen molar-refractivity contribution in [2.45, 2.75) is 59.0 Å². The fourth-order valence-electron chi connectivity index (χ4n) is 3.74. The van der Waals surface area contributed by atoms with Gasteiger partial charge >= 0.3 is 0 Å².